The van der Waals surface area contributed by atoms with E-state index in [1.807, 2.05) is 19.1 Å². The lowest BCUT2D eigenvalue weighted by molar-refractivity contribution is -0.115. The molecule has 0 aliphatic heterocycles. The lowest BCUT2D eigenvalue weighted by Gasteiger charge is -2.15. The van der Waals surface area contributed by atoms with E-state index in [4.69, 9.17) is 4.74 Å². The van der Waals surface area contributed by atoms with Crippen molar-refractivity contribution in [2.45, 2.75) is 24.0 Å². The number of aryl methyl sites for hydroxylation is 1. The van der Waals surface area contributed by atoms with Crippen LogP contribution in [0.25, 0.3) is 0 Å². The molecular formula is C17H17F2NO2S. The van der Waals surface area contributed by atoms with E-state index in [1.165, 1.54) is 13.2 Å². The van der Waals surface area contributed by atoms with Crippen molar-refractivity contribution in [1.29, 1.82) is 0 Å². The van der Waals surface area contributed by atoms with Gasteiger partial charge in [-0.15, -0.1) is 11.8 Å². The number of carbonyl (C=O) groups excluding carboxylic acids is 1. The number of carbonyl (C=O) groups is 1. The number of methoxy groups -OCH3 is 1. The van der Waals surface area contributed by atoms with Crippen LogP contribution in [0.15, 0.2) is 41.3 Å². The largest absolute Gasteiger partial charge is 0.495 e. The number of thioether (sulfide) groups is 1. The summed E-state index contributed by atoms with van der Waals surface area (Å²) in [5.74, 6) is -1.52. The highest BCUT2D eigenvalue weighted by molar-refractivity contribution is 8.00. The Balaban J connectivity index is 2.08. The molecule has 0 bridgehead atoms. The van der Waals surface area contributed by atoms with Crippen molar-refractivity contribution in [3.8, 4) is 5.75 Å². The number of anilines is 1. The molecule has 2 aromatic carbocycles. The highest BCUT2D eigenvalue weighted by atomic mass is 32.2. The van der Waals surface area contributed by atoms with Crippen molar-refractivity contribution in [3.05, 3.63) is 53.6 Å². The lowest BCUT2D eigenvalue weighted by Crippen LogP contribution is -2.22. The third-order valence-electron chi connectivity index (χ3n) is 3.19. The van der Waals surface area contributed by atoms with Gasteiger partial charge in [-0.2, -0.15) is 0 Å². The second kappa shape index (κ2) is 7.46. The SMILES string of the molecule is COc1ccc(C)cc1NC(=O)C(C)Sc1ccc(F)c(F)c1. The van der Waals surface area contributed by atoms with Gasteiger partial charge >= 0.3 is 0 Å². The van der Waals surface area contributed by atoms with Gasteiger partial charge in [0.05, 0.1) is 18.0 Å². The summed E-state index contributed by atoms with van der Waals surface area (Å²) in [7, 11) is 1.53. The van der Waals surface area contributed by atoms with Crippen molar-refractivity contribution < 1.29 is 18.3 Å². The van der Waals surface area contributed by atoms with E-state index in [-0.39, 0.29) is 5.91 Å². The van der Waals surface area contributed by atoms with E-state index in [0.717, 1.165) is 29.5 Å². The molecule has 2 aromatic rings. The van der Waals surface area contributed by atoms with Crippen molar-refractivity contribution in [1.82, 2.24) is 0 Å². The summed E-state index contributed by atoms with van der Waals surface area (Å²) in [5, 5.41) is 2.31. The number of rotatable bonds is 5. The van der Waals surface area contributed by atoms with Gasteiger partial charge < -0.3 is 10.1 Å². The molecule has 1 atom stereocenters. The fourth-order valence-corrected chi connectivity index (χ4v) is 2.85. The van der Waals surface area contributed by atoms with Crippen molar-refractivity contribution >= 4 is 23.4 Å². The van der Waals surface area contributed by atoms with Crippen LogP contribution in [-0.2, 0) is 4.79 Å². The molecule has 1 N–H and O–H groups in total. The van der Waals surface area contributed by atoms with E-state index >= 15 is 0 Å². The average Bonchev–Trinajstić information content (AvgIpc) is 2.51. The second-order valence-corrected chi connectivity index (χ2v) is 6.44. The van der Waals surface area contributed by atoms with Crippen LogP contribution >= 0.6 is 11.8 Å². The molecule has 0 saturated carbocycles. The number of benzene rings is 2. The Morgan fingerprint density at radius 3 is 2.57 bits per heavy atom. The Morgan fingerprint density at radius 1 is 1.17 bits per heavy atom. The van der Waals surface area contributed by atoms with Gasteiger partial charge in [0.2, 0.25) is 5.91 Å². The standard InChI is InChI=1S/C17H17F2NO2S/c1-10-4-7-16(22-3)15(8-10)20-17(21)11(2)23-12-5-6-13(18)14(19)9-12/h4-9,11H,1-3H3,(H,20,21). The van der Waals surface area contributed by atoms with Gasteiger partial charge in [0.15, 0.2) is 11.6 Å². The molecule has 3 nitrogen and oxygen atoms in total. The van der Waals surface area contributed by atoms with Crippen LogP contribution in [0.1, 0.15) is 12.5 Å². The summed E-state index contributed by atoms with van der Waals surface area (Å²) >= 11 is 1.15. The fraction of sp³-hybridized carbons (Fsp3) is 0.235. The molecule has 0 spiro atoms. The Bertz CT molecular complexity index is 722. The third kappa shape index (κ3) is 4.45. The first kappa shape index (κ1) is 17.3. The number of nitrogens with one attached hydrogen (secondary N) is 1. The molecule has 0 aromatic heterocycles. The van der Waals surface area contributed by atoms with E-state index in [0.29, 0.717) is 16.3 Å². The Morgan fingerprint density at radius 2 is 1.91 bits per heavy atom. The maximum atomic E-state index is 13.2. The number of hydrogen-bond acceptors (Lipinski definition) is 3. The molecule has 0 saturated heterocycles. The first-order chi connectivity index (χ1) is 10.9. The second-order valence-electron chi connectivity index (χ2n) is 5.03. The molecule has 122 valence electrons. The molecule has 2 rings (SSSR count). The van der Waals surface area contributed by atoms with Crippen LogP contribution in [0, 0.1) is 18.6 Å². The van der Waals surface area contributed by atoms with Gasteiger partial charge in [0.25, 0.3) is 0 Å². The van der Waals surface area contributed by atoms with E-state index in [1.54, 1.807) is 13.0 Å². The molecule has 0 fully saturated rings. The van der Waals surface area contributed by atoms with E-state index in [2.05, 4.69) is 5.32 Å². The lowest BCUT2D eigenvalue weighted by atomic mass is 10.2. The molecule has 1 amide bonds. The highest BCUT2D eigenvalue weighted by Gasteiger charge is 2.17. The van der Waals surface area contributed by atoms with Crippen LogP contribution in [-0.4, -0.2) is 18.3 Å². The van der Waals surface area contributed by atoms with Crippen LogP contribution in [0.5, 0.6) is 5.75 Å². The minimum absolute atomic E-state index is 0.247. The third-order valence-corrected chi connectivity index (χ3v) is 4.28. The zero-order chi connectivity index (χ0) is 17.0. The van der Waals surface area contributed by atoms with E-state index in [9.17, 15) is 13.6 Å². The van der Waals surface area contributed by atoms with Gasteiger partial charge in [0, 0.05) is 4.90 Å². The number of hydrogen-bond donors (Lipinski definition) is 1. The normalized spacial score (nSPS) is 11.9. The van der Waals surface area contributed by atoms with Gasteiger partial charge in [0.1, 0.15) is 5.75 Å². The van der Waals surface area contributed by atoms with Gasteiger partial charge in [-0.3, -0.25) is 4.79 Å². The van der Waals surface area contributed by atoms with Crippen molar-refractivity contribution in [2.75, 3.05) is 12.4 Å². The number of ether oxygens (including phenoxy) is 1. The van der Waals surface area contributed by atoms with Gasteiger partial charge in [-0.1, -0.05) is 6.07 Å². The van der Waals surface area contributed by atoms with Gasteiger partial charge in [-0.05, 0) is 49.7 Å². The summed E-state index contributed by atoms with van der Waals surface area (Å²) < 4.78 is 31.4. The fourth-order valence-electron chi connectivity index (χ4n) is 1.96. The quantitative estimate of drug-likeness (QED) is 0.822. The van der Waals surface area contributed by atoms with Crippen LogP contribution in [0.2, 0.25) is 0 Å². The summed E-state index contributed by atoms with van der Waals surface area (Å²) in [6.07, 6.45) is 0. The molecule has 0 radical (unpaired) electrons. The summed E-state index contributed by atoms with van der Waals surface area (Å²) in [5.41, 5.74) is 1.57. The Hall–Kier alpha value is -2.08. The first-order valence-electron chi connectivity index (χ1n) is 6.98. The predicted octanol–water partition coefficient (Wildman–Crippen LogP) is 4.40. The topological polar surface area (TPSA) is 38.3 Å². The zero-order valence-corrected chi connectivity index (χ0v) is 13.8. The molecular weight excluding hydrogens is 320 g/mol. The molecule has 1 unspecified atom stereocenters. The smallest absolute Gasteiger partial charge is 0.237 e. The predicted molar refractivity (Wildman–Crippen MR) is 88.0 cm³/mol. The average molecular weight is 337 g/mol. The Kier molecular flexibility index (Phi) is 5.60. The zero-order valence-electron chi connectivity index (χ0n) is 13.0. The molecule has 0 aliphatic carbocycles. The number of amides is 1. The summed E-state index contributed by atoms with van der Waals surface area (Å²) in [6, 6.07) is 9.04. The molecule has 23 heavy (non-hydrogen) atoms. The number of halogens is 2. The van der Waals surface area contributed by atoms with Crippen LogP contribution < -0.4 is 10.1 Å². The summed E-state index contributed by atoms with van der Waals surface area (Å²) in [6.45, 7) is 3.61. The molecule has 6 heteroatoms. The van der Waals surface area contributed by atoms with Crippen LogP contribution in [0.3, 0.4) is 0 Å². The minimum Gasteiger partial charge on any atom is -0.495 e. The Labute approximate surface area is 138 Å². The van der Waals surface area contributed by atoms with Crippen molar-refractivity contribution in [2.24, 2.45) is 0 Å². The molecule has 0 aliphatic rings. The van der Waals surface area contributed by atoms with Crippen molar-refractivity contribution in [3.63, 3.8) is 0 Å². The minimum atomic E-state index is -0.928. The first-order valence-corrected chi connectivity index (χ1v) is 7.86. The highest BCUT2D eigenvalue weighted by Crippen LogP contribution is 2.28. The maximum Gasteiger partial charge on any atom is 0.237 e. The van der Waals surface area contributed by atoms with Gasteiger partial charge in [-0.25, -0.2) is 8.78 Å². The summed E-state index contributed by atoms with van der Waals surface area (Å²) in [4.78, 5) is 12.8. The van der Waals surface area contributed by atoms with Crippen LogP contribution in [0.4, 0.5) is 14.5 Å². The van der Waals surface area contributed by atoms with E-state index < -0.39 is 16.9 Å². The monoisotopic (exact) mass is 337 g/mol. The maximum absolute atomic E-state index is 13.2. The molecule has 0 heterocycles.